The summed E-state index contributed by atoms with van der Waals surface area (Å²) in [4.78, 5) is 4.29. The van der Waals surface area contributed by atoms with Gasteiger partial charge in [-0.25, -0.2) is 0 Å². The third-order valence-corrected chi connectivity index (χ3v) is 1.92. The second-order valence-electron chi connectivity index (χ2n) is 3.44. The van der Waals surface area contributed by atoms with Crippen LogP contribution in [-0.2, 0) is 0 Å². The summed E-state index contributed by atoms with van der Waals surface area (Å²) in [6.45, 7) is 9.65. The molecule has 0 aromatic carbocycles. The van der Waals surface area contributed by atoms with Gasteiger partial charge in [-0.05, 0) is 34.1 Å². The second kappa shape index (κ2) is 6.58. The molecule has 0 aliphatic heterocycles. The third kappa shape index (κ3) is 5.74. The van der Waals surface area contributed by atoms with Gasteiger partial charge in [-0.3, -0.25) is 4.99 Å². The minimum Gasteiger partial charge on any atom is -0.384 e. The summed E-state index contributed by atoms with van der Waals surface area (Å²) in [5, 5.41) is 9.71. The van der Waals surface area contributed by atoms with E-state index in [4.69, 9.17) is 0 Å². The molecule has 0 fully saturated rings. The average molecular weight is 330 g/mol. The Labute approximate surface area is 114 Å². The van der Waals surface area contributed by atoms with Crippen molar-refractivity contribution in [2.24, 2.45) is 4.99 Å². The quantitative estimate of drug-likeness (QED) is 0.789. The Hall–Kier alpha value is 1.15. The van der Waals surface area contributed by atoms with Gasteiger partial charge in [0.15, 0.2) is 0 Å². The van der Waals surface area contributed by atoms with Crippen molar-refractivity contribution in [1.29, 1.82) is 0 Å². The maximum atomic E-state index is 9.71. The molecule has 2 nitrogen and oxygen atoms in total. The summed E-state index contributed by atoms with van der Waals surface area (Å²) in [5.74, 6) is 0. The normalized spacial score (nSPS) is 17.1. The predicted molar refractivity (Wildman–Crippen MR) is 49.2 cm³/mol. The molecule has 0 saturated heterocycles. The summed E-state index contributed by atoms with van der Waals surface area (Å²) in [6, 6.07) is 0.271. The molecule has 1 N–H and O–H groups in total. The first-order valence-corrected chi connectivity index (χ1v) is 4.17. The van der Waals surface area contributed by atoms with Crippen LogP contribution < -0.4 is 0 Å². The van der Waals surface area contributed by atoms with E-state index < -0.39 is 5.60 Å². The van der Waals surface area contributed by atoms with Crippen LogP contribution in [0, 0.1) is 46.9 Å². The van der Waals surface area contributed by atoms with Crippen molar-refractivity contribution in [3.05, 3.63) is 0 Å². The van der Waals surface area contributed by atoms with Crippen LogP contribution in [0.25, 0.3) is 0 Å². The van der Waals surface area contributed by atoms with E-state index in [-0.39, 0.29) is 53.0 Å². The summed E-state index contributed by atoms with van der Waals surface area (Å²) < 4.78 is 0. The predicted octanol–water partition coefficient (Wildman–Crippen LogP) is 2.02. The van der Waals surface area contributed by atoms with E-state index in [9.17, 15) is 5.11 Å². The van der Waals surface area contributed by atoms with Crippen molar-refractivity contribution >= 4 is 5.71 Å². The number of hydrogen-bond donors (Lipinski definition) is 1. The number of hydrogen-bond acceptors (Lipinski definition) is 2. The summed E-state index contributed by atoms with van der Waals surface area (Å²) in [7, 11) is 0. The number of aliphatic hydroxyl groups is 1. The first kappa shape index (κ1) is 15.6. The Balaban J connectivity index is 0. The van der Waals surface area contributed by atoms with Gasteiger partial charge in [0.05, 0.1) is 5.60 Å². The van der Waals surface area contributed by atoms with Gasteiger partial charge in [0.2, 0.25) is 0 Å². The van der Waals surface area contributed by atoms with Crippen LogP contribution in [0.3, 0.4) is 0 Å². The van der Waals surface area contributed by atoms with Gasteiger partial charge >= 0.3 is 0 Å². The molecule has 0 aromatic heterocycles. The van der Waals surface area contributed by atoms with Crippen LogP contribution in [0.15, 0.2) is 4.99 Å². The average Bonchev–Trinajstić information content (AvgIpc) is 1.86. The maximum Gasteiger partial charge on any atom is 0.0989 e. The third-order valence-electron chi connectivity index (χ3n) is 1.92. The SMILES string of the molecule is CCC(C)(O)C(C)=NC(C)C.[Yb]. The van der Waals surface area contributed by atoms with Crippen LogP contribution in [0.5, 0.6) is 0 Å². The summed E-state index contributed by atoms with van der Waals surface area (Å²) >= 11 is 0. The molecule has 0 heterocycles. The zero-order valence-corrected chi connectivity index (χ0v) is 10.2. The topological polar surface area (TPSA) is 32.6 Å². The monoisotopic (exact) mass is 331 g/mol. The molecule has 0 aliphatic rings. The molecule has 0 radical (unpaired) electrons. The molecule has 0 spiro atoms. The number of rotatable bonds is 3. The summed E-state index contributed by atoms with van der Waals surface area (Å²) in [5.41, 5.74) is 0.111. The van der Waals surface area contributed by atoms with Crippen LogP contribution in [0.1, 0.15) is 41.0 Å². The Kier molecular flexibility index (Phi) is 8.56. The fraction of sp³-hybridized carbons (Fsp3) is 0.889. The van der Waals surface area contributed by atoms with Crippen molar-refractivity contribution in [2.75, 3.05) is 0 Å². The molecular weight excluding hydrogens is 311 g/mol. The zero-order valence-electron chi connectivity index (χ0n) is 8.45. The van der Waals surface area contributed by atoms with Gasteiger partial charge in [-0.2, -0.15) is 0 Å². The van der Waals surface area contributed by atoms with E-state index in [1.807, 2.05) is 27.7 Å². The minimum atomic E-state index is -0.718. The van der Waals surface area contributed by atoms with Gasteiger partial charge in [0.25, 0.3) is 0 Å². The maximum absolute atomic E-state index is 9.71. The van der Waals surface area contributed by atoms with Crippen LogP contribution in [-0.4, -0.2) is 22.5 Å². The molecular formula is C9H19NOYb. The van der Waals surface area contributed by atoms with Gasteiger partial charge in [0.1, 0.15) is 0 Å². The molecule has 3 heteroatoms. The zero-order chi connectivity index (χ0) is 9.07. The first-order chi connectivity index (χ1) is 4.90. The molecule has 1 unspecified atom stereocenters. The molecule has 1 atom stereocenters. The number of nitrogens with zero attached hydrogens (tertiary/aromatic N) is 1. The van der Waals surface area contributed by atoms with Crippen molar-refractivity contribution in [1.82, 2.24) is 0 Å². The van der Waals surface area contributed by atoms with Gasteiger partial charge in [-0.1, -0.05) is 6.92 Å². The van der Waals surface area contributed by atoms with Crippen molar-refractivity contribution in [3.63, 3.8) is 0 Å². The Morgan fingerprint density at radius 2 is 1.92 bits per heavy atom. The number of aliphatic imine (C=N–C) groups is 1. The van der Waals surface area contributed by atoms with Crippen molar-refractivity contribution in [3.8, 4) is 0 Å². The second-order valence-corrected chi connectivity index (χ2v) is 3.44. The van der Waals surface area contributed by atoms with Crippen LogP contribution in [0.4, 0.5) is 0 Å². The van der Waals surface area contributed by atoms with E-state index in [1.54, 1.807) is 6.92 Å². The summed E-state index contributed by atoms with van der Waals surface area (Å²) in [6.07, 6.45) is 0.717. The van der Waals surface area contributed by atoms with E-state index in [0.717, 1.165) is 12.1 Å². The van der Waals surface area contributed by atoms with Gasteiger partial charge in [-0.15, -0.1) is 0 Å². The van der Waals surface area contributed by atoms with E-state index in [1.165, 1.54) is 0 Å². The molecule has 0 aromatic rings. The fourth-order valence-electron chi connectivity index (χ4n) is 0.782. The molecule has 0 saturated carbocycles. The molecule has 12 heavy (non-hydrogen) atoms. The Bertz CT molecular complexity index is 153. The molecule has 0 amide bonds. The molecule has 0 rings (SSSR count). The van der Waals surface area contributed by atoms with Gasteiger partial charge in [0, 0.05) is 58.7 Å². The van der Waals surface area contributed by atoms with Crippen molar-refractivity contribution < 1.29 is 52.0 Å². The smallest absolute Gasteiger partial charge is 0.0989 e. The van der Waals surface area contributed by atoms with E-state index in [0.29, 0.717) is 0 Å². The first-order valence-electron chi connectivity index (χ1n) is 4.17. The molecule has 0 bridgehead atoms. The van der Waals surface area contributed by atoms with Crippen LogP contribution >= 0.6 is 0 Å². The molecule has 80 valence electrons. The Morgan fingerprint density at radius 1 is 1.50 bits per heavy atom. The van der Waals surface area contributed by atoms with E-state index in [2.05, 4.69) is 4.99 Å². The van der Waals surface area contributed by atoms with Gasteiger partial charge < -0.3 is 5.11 Å². The van der Waals surface area contributed by atoms with Crippen LogP contribution in [0.2, 0.25) is 0 Å². The van der Waals surface area contributed by atoms with Crippen molar-refractivity contribution in [2.45, 2.75) is 52.7 Å². The molecule has 0 aliphatic carbocycles. The van der Waals surface area contributed by atoms with E-state index >= 15 is 0 Å². The fourth-order valence-corrected chi connectivity index (χ4v) is 0.782. The largest absolute Gasteiger partial charge is 0.384 e. The minimum absolute atomic E-state index is 0. The standard InChI is InChI=1S/C9H19NO.Yb/c1-6-9(5,11)8(4)10-7(2)3;/h7,11H,6H2,1-5H3;. The Morgan fingerprint density at radius 3 is 2.17 bits per heavy atom.